The maximum absolute atomic E-state index is 8.17. The zero-order valence-electron chi connectivity index (χ0n) is 5.22. The summed E-state index contributed by atoms with van der Waals surface area (Å²) in [6, 6.07) is 0. The predicted molar refractivity (Wildman–Crippen MR) is 34.3 cm³/mol. The normalized spacial score (nSPS) is 17.4. The maximum Gasteiger partial charge on any atom is 0.118 e. The zero-order valence-corrected chi connectivity index (χ0v) is 5.22. The van der Waals surface area contributed by atoms with Crippen LogP contribution in [0, 0.1) is 17.7 Å². The van der Waals surface area contributed by atoms with E-state index in [0.717, 1.165) is 5.92 Å². The van der Waals surface area contributed by atoms with Crippen LogP contribution in [-0.2, 0) is 0 Å². The summed E-state index contributed by atoms with van der Waals surface area (Å²) in [6.07, 6.45) is 5.16. The van der Waals surface area contributed by atoms with Crippen molar-refractivity contribution in [1.29, 1.82) is 5.41 Å². The third-order valence-corrected chi connectivity index (χ3v) is 1.41. The smallest absolute Gasteiger partial charge is 0.118 e. The number of hydrogen-bond acceptors (Lipinski definition) is 2. The lowest BCUT2D eigenvalue weighted by Crippen LogP contribution is -2.17. The molecule has 3 N–H and O–H groups in total. The van der Waals surface area contributed by atoms with Gasteiger partial charge in [0.1, 0.15) is 5.84 Å². The molecule has 0 spiro atoms. The van der Waals surface area contributed by atoms with Crippen molar-refractivity contribution in [2.45, 2.75) is 19.3 Å². The van der Waals surface area contributed by atoms with E-state index in [4.69, 9.17) is 10.6 Å². The Hall–Kier alpha value is -0.570. The van der Waals surface area contributed by atoms with Crippen LogP contribution < -0.4 is 5.48 Å². The molecule has 1 radical (unpaired) electrons. The predicted octanol–water partition coefficient (Wildman–Crippen LogP) is 0.947. The van der Waals surface area contributed by atoms with Crippen LogP contribution in [0.15, 0.2) is 0 Å². The van der Waals surface area contributed by atoms with Crippen LogP contribution in [0.25, 0.3) is 0 Å². The number of hydroxylamine groups is 1. The van der Waals surface area contributed by atoms with Gasteiger partial charge in [-0.25, -0.2) is 0 Å². The zero-order chi connectivity index (χ0) is 6.69. The van der Waals surface area contributed by atoms with E-state index in [1.165, 1.54) is 12.8 Å². The Balaban J connectivity index is 1.96. The molecule has 51 valence electrons. The van der Waals surface area contributed by atoms with Gasteiger partial charge in [-0.2, -0.15) is 0 Å². The summed E-state index contributed by atoms with van der Waals surface area (Å²) in [4.78, 5) is 0. The summed E-state index contributed by atoms with van der Waals surface area (Å²) >= 11 is 0. The van der Waals surface area contributed by atoms with Crippen LogP contribution in [-0.4, -0.2) is 11.0 Å². The molecule has 0 aliphatic heterocycles. The van der Waals surface area contributed by atoms with E-state index in [1.807, 2.05) is 0 Å². The summed E-state index contributed by atoms with van der Waals surface area (Å²) < 4.78 is 0. The van der Waals surface area contributed by atoms with Crippen LogP contribution in [0.1, 0.15) is 19.3 Å². The van der Waals surface area contributed by atoms with Gasteiger partial charge in [-0.05, 0) is 25.2 Å². The Labute approximate surface area is 54.5 Å². The third-order valence-electron chi connectivity index (χ3n) is 1.41. The van der Waals surface area contributed by atoms with Gasteiger partial charge in [-0.3, -0.25) is 16.1 Å². The molecule has 3 nitrogen and oxygen atoms in total. The first-order chi connectivity index (χ1) is 4.33. The molecular weight excluding hydrogens is 116 g/mol. The van der Waals surface area contributed by atoms with E-state index >= 15 is 0 Å². The molecule has 1 aliphatic rings. The monoisotopic (exact) mass is 127 g/mol. The maximum atomic E-state index is 8.17. The average molecular weight is 127 g/mol. The van der Waals surface area contributed by atoms with Crippen LogP contribution in [0.5, 0.6) is 0 Å². The van der Waals surface area contributed by atoms with Crippen LogP contribution in [0.3, 0.4) is 0 Å². The molecule has 1 saturated carbocycles. The summed E-state index contributed by atoms with van der Waals surface area (Å²) in [7, 11) is 0. The minimum absolute atomic E-state index is 0.182. The van der Waals surface area contributed by atoms with E-state index in [1.54, 1.807) is 5.48 Å². The lowest BCUT2D eigenvalue weighted by atomic mass is 10.2. The van der Waals surface area contributed by atoms with Crippen molar-refractivity contribution in [3.63, 3.8) is 0 Å². The minimum atomic E-state index is 0.182. The second-order valence-electron chi connectivity index (χ2n) is 2.37. The minimum Gasteiger partial charge on any atom is -0.290 e. The van der Waals surface area contributed by atoms with Crippen molar-refractivity contribution in [2.75, 3.05) is 0 Å². The highest BCUT2D eigenvalue weighted by Crippen LogP contribution is 2.32. The molecular formula is C6H11N2O. The summed E-state index contributed by atoms with van der Waals surface area (Å²) in [6.45, 7) is 0. The number of nitrogens with one attached hydrogen (secondary N) is 2. The molecule has 0 bridgehead atoms. The molecule has 1 aliphatic carbocycles. The van der Waals surface area contributed by atoms with Gasteiger partial charge < -0.3 is 0 Å². The lowest BCUT2D eigenvalue weighted by Gasteiger charge is -1.97. The highest BCUT2D eigenvalue weighted by atomic mass is 16.5. The van der Waals surface area contributed by atoms with Gasteiger partial charge in [-0.1, -0.05) is 0 Å². The van der Waals surface area contributed by atoms with E-state index in [2.05, 4.69) is 6.42 Å². The first-order valence-electron chi connectivity index (χ1n) is 3.14. The quantitative estimate of drug-likeness (QED) is 0.300. The van der Waals surface area contributed by atoms with E-state index in [9.17, 15) is 0 Å². The fourth-order valence-corrected chi connectivity index (χ4v) is 0.662. The lowest BCUT2D eigenvalue weighted by molar-refractivity contribution is 0.231. The molecule has 0 aromatic rings. The molecule has 0 unspecified atom stereocenters. The Morgan fingerprint density at radius 3 is 2.89 bits per heavy atom. The Bertz CT molecular complexity index is 110. The van der Waals surface area contributed by atoms with Gasteiger partial charge in [0.15, 0.2) is 0 Å². The van der Waals surface area contributed by atoms with Crippen molar-refractivity contribution < 1.29 is 5.21 Å². The van der Waals surface area contributed by atoms with Gasteiger partial charge in [0, 0.05) is 6.42 Å². The van der Waals surface area contributed by atoms with Crippen molar-refractivity contribution >= 4 is 5.84 Å². The fraction of sp³-hybridized carbons (Fsp3) is 0.667. The van der Waals surface area contributed by atoms with Crippen LogP contribution in [0.2, 0.25) is 0 Å². The first kappa shape index (κ1) is 6.55. The highest BCUT2D eigenvalue weighted by Gasteiger charge is 2.21. The largest absolute Gasteiger partial charge is 0.290 e. The number of amidine groups is 1. The fourth-order valence-electron chi connectivity index (χ4n) is 0.662. The van der Waals surface area contributed by atoms with Gasteiger partial charge in [0.05, 0.1) is 0 Å². The molecule has 0 saturated heterocycles. The van der Waals surface area contributed by atoms with E-state index in [-0.39, 0.29) is 5.84 Å². The molecule has 0 aromatic carbocycles. The summed E-state index contributed by atoms with van der Waals surface area (Å²) in [5, 5.41) is 15.1. The van der Waals surface area contributed by atoms with Crippen LogP contribution in [0.4, 0.5) is 0 Å². The second kappa shape index (κ2) is 2.82. The molecule has 1 fully saturated rings. The van der Waals surface area contributed by atoms with E-state index < -0.39 is 0 Å². The van der Waals surface area contributed by atoms with Gasteiger partial charge in [0.25, 0.3) is 0 Å². The van der Waals surface area contributed by atoms with Crippen molar-refractivity contribution in [2.24, 2.45) is 5.92 Å². The molecule has 0 heterocycles. The molecule has 0 amide bonds. The number of hydrogen-bond donors (Lipinski definition) is 3. The Morgan fingerprint density at radius 2 is 2.44 bits per heavy atom. The standard InChI is InChI=1S/C6H11N2O/c7-6(8-9)4-3-5-1-2-5/h3,5,9H,1-2,4H2,(H2,7,8). The Morgan fingerprint density at radius 1 is 1.78 bits per heavy atom. The van der Waals surface area contributed by atoms with Gasteiger partial charge in [-0.15, -0.1) is 0 Å². The second-order valence-corrected chi connectivity index (χ2v) is 2.37. The van der Waals surface area contributed by atoms with E-state index in [0.29, 0.717) is 6.42 Å². The van der Waals surface area contributed by atoms with Crippen molar-refractivity contribution in [1.82, 2.24) is 5.48 Å². The molecule has 0 atom stereocenters. The molecule has 3 heteroatoms. The molecule has 1 rings (SSSR count). The molecule has 9 heavy (non-hydrogen) atoms. The average Bonchev–Trinajstić information content (AvgIpc) is 2.65. The summed E-state index contributed by atoms with van der Waals surface area (Å²) in [5.74, 6) is 0.903. The third kappa shape index (κ3) is 2.46. The first-order valence-corrected chi connectivity index (χ1v) is 3.14. The van der Waals surface area contributed by atoms with Crippen LogP contribution >= 0.6 is 0 Å². The molecule has 0 aromatic heterocycles. The van der Waals surface area contributed by atoms with Gasteiger partial charge in [0.2, 0.25) is 0 Å². The SMILES string of the molecule is N=C(C[CH]C1CC1)NO. The van der Waals surface area contributed by atoms with Gasteiger partial charge >= 0.3 is 0 Å². The summed E-state index contributed by atoms with van der Waals surface area (Å²) in [5.41, 5.74) is 1.80. The Kier molecular flexibility index (Phi) is 2.05. The van der Waals surface area contributed by atoms with Crippen molar-refractivity contribution in [3.8, 4) is 0 Å². The van der Waals surface area contributed by atoms with Crippen molar-refractivity contribution in [3.05, 3.63) is 6.42 Å². The topological polar surface area (TPSA) is 56.1 Å². The number of rotatable bonds is 3. The highest BCUT2D eigenvalue weighted by molar-refractivity contribution is 5.78.